The van der Waals surface area contributed by atoms with Gasteiger partial charge in [0.05, 0.1) is 0 Å². The van der Waals surface area contributed by atoms with Crippen LogP contribution in [0.25, 0.3) is 0 Å². The molecular formula is C11H6BrClOS. The molecule has 1 aromatic carbocycles. The second-order valence-electron chi connectivity index (χ2n) is 2.97. The maximum Gasteiger partial charge on any atom is 0.195 e. The highest BCUT2D eigenvalue weighted by molar-refractivity contribution is 9.10. The third kappa shape index (κ3) is 2.30. The Morgan fingerprint density at radius 3 is 2.80 bits per heavy atom. The molecule has 0 aliphatic rings. The largest absolute Gasteiger partial charge is 0.289 e. The fraction of sp³-hybridized carbons (Fsp3) is 0. The first kappa shape index (κ1) is 10.9. The van der Waals surface area contributed by atoms with Crippen LogP contribution in [0.15, 0.2) is 39.5 Å². The fourth-order valence-corrected chi connectivity index (χ4v) is 2.46. The van der Waals surface area contributed by atoms with Gasteiger partial charge in [0.15, 0.2) is 5.78 Å². The van der Waals surface area contributed by atoms with E-state index in [4.69, 9.17) is 11.6 Å². The highest BCUT2D eigenvalue weighted by Crippen LogP contribution is 2.24. The van der Waals surface area contributed by atoms with E-state index in [1.807, 2.05) is 10.8 Å². The van der Waals surface area contributed by atoms with Gasteiger partial charge in [0.2, 0.25) is 0 Å². The predicted molar refractivity (Wildman–Crippen MR) is 66.9 cm³/mol. The number of carbonyl (C=O) groups excluding carboxylic acids is 1. The summed E-state index contributed by atoms with van der Waals surface area (Å²) < 4.78 is 0.767. The molecule has 0 aliphatic heterocycles. The quantitative estimate of drug-likeness (QED) is 0.752. The lowest BCUT2D eigenvalue weighted by atomic mass is 10.1. The first-order valence-electron chi connectivity index (χ1n) is 4.20. The maximum absolute atomic E-state index is 12.0. The first-order chi connectivity index (χ1) is 7.18. The second-order valence-corrected chi connectivity index (χ2v) is 5.04. The van der Waals surface area contributed by atoms with Gasteiger partial charge in [-0.2, -0.15) is 11.3 Å². The van der Waals surface area contributed by atoms with Crippen molar-refractivity contribution < 1.29 is 4.79 Å². The van der Waals surface area contributed by atoms with E-state index in [0.29, 0.717) is 16.1 Å². The molecule has 0 spiro atoms. The van der Waals surface area contributed by atoms with Gasteiger partial charge in [0.1, 0.15) is 0 Å². The average Bonchev–Trinajstić information content (AvgIpc) is 2.74. The van der Waals surface area contributed by atoms with Crippen molar-refractivity contribution in [1.29, 1.82) is 0 Å². The van der Waals surface area contributed by atoms with E-state index in [1.54, 1.807) is 24.3 Å². The van der Waals surface area contributed by atoms with Gasteiger partial charge in [0.25, 0.3) is 0 Å². The fourth-order valence-electron chi connectivity index (χ4n) is 1.22. The zero-order valence-electron chi connectivity index (χ0n) is 7.54. The molecule has 0 saturated carbocycles. The SMILES string of the molecule is O=C(c1ccsc1)c1cc(Cl)ccc1Br. The number of rotatable bonds is 2. The van der Waals surface area contributed by atoms with Crippen LogP contribution in [-0.4, -0.2) is 5.78 Å². The van der Waals surface area contributed by atoms with Crippen LogP contribution in [0.5, 0.6) is 0 Å². The van der Waals surface area contributed by atoms with Gasteiger partial charge >= 0.3 is 0 Å². The molecule has 1 heterocycles. The summed E-state index contributed by atoms with van der Waals surface area (Å²) in [4.78, 5) is 12.0. The Balaban J connectivity index is 2.46. The monoisotopic (exact) mass is 300 g/mol. The van der Waals surface area contributed by atoms with Crippen LogP contribution in [-0.2, 0) is 0 Å². The Morgan fingerprint density at radius 1 is 1.33 bits per heavy atom. The zero-order valence-corrected chi connectivity index (χ0v) is 10.7. The molecule has 0 amide bonds. The molecule has 2 rings (SSSR count). The average molecular weight is 302 g/mol. The first-order valence-corrected chi connectivity index (χ1v) is 6.32. The van der Waals surface area contributed by atoms with E-state index >= 15 is 0 Å². The lowest BCUT2D eigenvalue weighted by molar-refractivity contribution is 0.103. The third-order valence-corrected chi connectivity index (χ3v) is 3.57. The van der Waals surface area contributed by atoms with Crippen LogP contribution >= 0.6 is 38.9 Å². The van der Waals surface area contributed by atoms with Crippen molar-refractivity contribution in [1.82, 2.24) is 0 Å². The van der Waals surface area contributed by atoms with Gasteiger partial charge in [-0.3, -0.25) is 4.79 Å². The summed E-state index contributed by atoms with van der Waals surface area (Å²) in [7, 11) is 0. The topological polar surface area (TPSA) is 17.1 Å². The smallest absolute Gasteiger partial charge is 0.195 e. The van der Waals surface area contributed by atoms with Gasteiger partial charge in [-0.25, -0.2) is 0 Å². The van der Waals surface area contributed by atoms with Crippen LogP contribution in [0.1, 0.15) is 15.9 Å². The molecule has 76 valence electrons. The molecule has 0 unspecified atom stereocenters. The van der Waals surface area contributed by atoms with Crippen molar-refractivity contribution in [2.24, 2.45) is 0 Å². The highest BCUT2D eigenvalue weighted by atomic mass is 79.9. The molecule has 2 aromatic rings. The van der Waals surface area contributed by atoms with Crippen molar-refractivity contribution in [2.75, 3.05) is 0 Å². The molecule has 0 atom stereocenters. The Hall–Kier alpha value is -0.640. The van der Waals surface area contributed by atoms with Crippen molar-refractivity contribution >= 4 is 44.7 Å². The molecular weight excluding hydrogens is 296 g/mol. The number of ketones is 1. The number of hydrogen-bond donors (Lipinski definition) is 0. The van der Waals surface area contributed by atoms with E-state index in [9.17, 15) is 4.79 Å². The third-order valence-electron chi connectivity index (χ3n) is 1.96. The van der Waals surface area contributed by atoms with E-state index in [2.05, 4.69) is 15.9 Å². The van der Waals surface area contributed by atoms with E-state index in [0.717, 1.165) is 4.47 Å². The van der Waals surface area contributed by atoms with Gasteiger partial charge < -0.3 is 0 Å². The van der Waals surface area contributed by atoms with Crippen molar-refractivity contribution in [3.63, 3.8) is 0 Å². The van der Waals surface area contributed by atoms with Gasteiger partial charge in [-0.05, 0) is 29.6 Å². The number of hydrogen-bond acceptors (Lipinski definition) is 2. The Bertz CT molecular complexity index is 493. The predicted octanol–water partition coefficient (Wildman–Crippen LogP) is 4.40. The van der Waals surface area contributed by atoms with E-state index in [1.165, 1.54) is 11.3 Å². The zero-order chi connectivity index (χ0) is 10.8. The summed E-state index contributed by atoms with van der Waals surface area (Å²) in [6.07, 6.45) is 0. The summed E-state index contributed by atoms with van der Waals surface area (Å²) in [5, 5.41) is 4.28. The van der Waals surface area contributed by atoms with Crippen molar-refractivity contribution in [3.05, 3.63) is 55.6 Å². The van der Waals surface area contributed by atoms with E-state index in [-0.39, 0.29) is 5.78 Å². The lowest BCUT2D eigenvalue weighted by Crippen LogP contribution is -2.00. The Morgan fingerprint density at radius 2 is 2.13 bits per heavy atom. The molecule has 1 nitrogen and oxygen atoms in total. The molecule has 0 N–H and O–H groups in total. The van der Waals surface area contributed by atoms with Crippen LogP contribution in [0.2, 0.25) is 5.02 Å². The second kappa shape index (κ2) is 4.47. The maximum atomic E-state index is 12.0. The molecule has 15 heavy (non-hydrogen) atoms. The Kier molecular flexibility index (Phi) is 3.24. The molecule has 0 aliphatic carbocycles. The minimum atomic E-state index is -0.00868. The lowest BCUT2D eigenvalue weighted by Gasteiger charge is -2.02. The van der Waals surface area contributed by atoms with Gasteiger partial charge in [0, 0.05) is 26.0 Å². The molecule has 4 heteroatoms. The minimum Gasteiger partial charge on any atom is -0.289 e. The highest BCUT2D eigenvalue weighted by Gasteiger charge is 2.13. The molecule has 0 saturated heterocycles. The standard InChI is InChI=1S/C11H6BrClOS/c12-10-2-1-8(13)5-9(10)11(14)7-3-4-15-6-7/h1-6H. The number of thiophene rings is 1. The molecule has 0 radical (unpaired) electrons. The van der Waals surface area contributed by atoms with Gasteiger partial charge in [-0.1, -0.05) is 27.5 Å². The summed E-state index contributed by atoms with van der Waals surface area (Å²) in [6, 6.07) is 7.00. The summed E-state index contributed by atoms with van der Waals surface area (Å²) in [5.74, 6) is -0.00868. The molecule has 0 fully saturated rings. The minimum absolute atomic E-state index is 0.00868. The summed E-state index contributed by atoms with van der Waals surface area (Å²) >= 11 is 10.7. The van der Waals surface area contributed by atoms with Crippen LogP contribution < -0.4 is 0 Å². The van der Waals surface area contributed by atoms with E-state index < -0.39 is 0 Å². The Labute approximate surface area is 105 Å². The molecule has 0 bridgehead atoms. The molecule has 1 aromatic heterocycles. The van der Waals surface area contributed by atoms with Crippen molar-refractivity contribution in [3.8, 4) is 0 Å². The summed E-state index contributed by atoms with van der Waals surface area (Å²) in [6.45, 7) is 0. The van der Waals surface area contributed by atoms with Crippen LogP contribution in [0, 0.1) is 0 Å². The van der Waals surface area contributed by atoms with Crippen molar-refractivity contribution in [2.45, 2.75) is 0 Å². The number of benzene rings is 1. The van der Waals surface area contributed by atoms with Crippen LogP contribution in [0.3, 0.4) is 0 Å². The summed E-state index contributed by atoms with van der Waals surface area (Å²) in [5.41, 5.74) is 1.30. The van der Waals surface area contributed by atoms with Gasteiger partial charge in [-0.15, -0.1) is 0 Å². The number of halogens is 2. The number of carbonyl (C=O) groups is 1. The van der Waals surface area contributed by atoms with Crippen LogP contribution in [0.4, 0.5) is 0 Å². The normalized spacial score (nSPS) is 10.3.